The number of rotatable bonds is 6. The Kier molecular flexibility index (Phi) is 6.83. The van der Waals surface area contributed by atoms with E-state index in [1.54, 1.807) is 0 Å². The SMILES string of the molecule is C=CC[C@@]1(C)[C@@H](C(=O)C#C[Si](C(C)C)(C(C)C)C(C)C)CCC12OCCO2. The van der Waals surface area contributed by atoms with E-state index < -0.39 is 19.3 Å². The molecule has 2 fully saturated rings. The van der Waals surface area contributed by atoms with Gasteiger partial charge in [-0.05, 0) is 35.4 Å². The van der Waals surface area contributed by atoms with Crippen molar-refractivity contribution >= 4 is 13.9 Å². The summed E-state index contributed by atoms with van der Waals surface area (Å²) in [6.07, 6.45) is 4.13. The van der Waals surface area contributed by atoms with Crippen molar-refractivity contribution < 1.29 is 14.3 Å². The molecule has 0 aromatic heterocycles. The van der Waals surface area contributed by atoms with Crippen molar-refractivity contribution in [1.29, 1.82) is 0 Å². The summed E-state index contributed by atoms with van der Waals surface area (Å²) in [5.74, 6) is 2.42. The molecule has 2 rings (SSSR count). The number of hydrogen-bond acceptors (Lipinski definition) is 3. The Hall–Kier alpha value is -0.893. The van der Waals surface area contributed by atoms with Crippen LogP contribution in [0.2, 0.25) is 16.6 Å². The van der Waals surface area contributed by atoms with Crippen LogP contribution in [0.3, 0.4) is 0 Å². The van der Waals surface area contributed by atoms with Gasteiger partial charge in [0.1, 0.15) is 8.07 Å². The Morgan fingerprint density at radius 1 is 1.15 bits per heavy atom. The lowest BCUT2D eigenvalue weighted by Gasteiger charge is -2.41. The monoisotopic (exact) mass is 390 g/mol. The smallest absolute Gasteiger partial charge is 0.208 e. The third-order valence-corrected chi connectivity index (χ3v) is 13.6. The maximum atomic E-state index is 13.3. The first-order valence-electron chi connectivity index (χ1n) is 10.5. The molecule has 152 valence electrons. The number of carbonyl (C=O) groups excluding carboxylic acids is 1. The number of ketones is 1. The van der Waals surface area contributed by atoms with E-state index in [9.17, 15) is 4.79 Å². The molecular weight excluding hydrogens is 352 g/mol. The van der Waals surface area contributed by atoms with E-state index in [0.717, 1.165) is 12.8 Å². The first kappa shape index (κ1) is 22.4. The maximum Gasteiger partial charge on any atom is 0.208 e. The number of hydrogen-bond donors (Lipinski definition) is 0. The van der Waals surface area contributed by atoms with Crippen LogP contribution in [0.25, 0.3) is 0 Å². The first-order chi connectivity index (χ1) is 12.6. The molecule has 0 radical (unpaired) electrons. The second-order valence-corrected chi connectivity index (χ2v) is 15.0. The van der Waals surface area contributed by atoms with Gasteiger partial charge < -0.3 is 9.47 Å². The van der Waals surface area contributed by atoms with Crippen LogP contribution < -0.4 is 0 Å². The molecule has 1 aliphatic heterocycles. The van der Waals surface area contributed by atoms with Gasteiger partial charge in [-0.2, -0.15) is 0 Å². The van der Waals surface area contributed by atoms with Crippen molar-refractivity contribution in [2.75, 3.05) is 13.2 Å². The van der Waals surface area contributed by atoms with Crippen molar-refractivity contribution in [3.8, 4) is 11.5 Å². The lowest BCUT2D eigenvalue weighted by atomic mass is 9.72. The summed E-state index contributed by atoms with van der Waals surface area (Å²) in [6, 6.07) is 0. The average molecular weight is 391 g/mol. The van der Waals surface area contributed by atoms with Crippen LogP contribution in [0.5, 0.6) is 0 Å². The quantitative estimate of drug-likeness (QED) is 0.341. The van der Waals surface area contributed by atoms with Gasteiger partial charge >= 0.3 is 0 Å². The highest BCUT2D eigenvalue weighted by Gasteiger charge is 2.62. The molecule has 27 heavy (non-hydrogen) atoms. The lowest BCUT2D eigenvalue weighted by molar-refractivity contribution is -0.222. The molecule has 4 heteroatoms. The first-order valence-corrected chi connectivity index (χ1v) is 12.8. The molecule has 0 bridgehead atoms. The molecule has 0 unspecified atom stereocenters. The maximum absolute atomic E-state index is 13.3. The zero-order valence-corrected chi connectivity index (χ0v) is 19.4. The van der Waals surface area contributed by atoms with E-state index in [0.29, 0.717) is 36.3 Å². The average Bonchev–Trinajstić information content (AvgIpc) is 3.15. The zero-order chi connectivity index (χ0) is 20.5. The predicted molar refractivity (Wildman–Crippen MR) is 114 cm³/mol. The normalized spacial score (nSPS) is 27.4. The summed E-state index contributed by atoms with van der Waals surface area (Å²) < 4.78 is 12.1. The molecular formula is C23H38O3Si. The molecule has 1 heterocycles. The highest BCUT2D eigenvalue weighted by molar-refractivity contribution is 6.90. The highest BCUT2D eigenvalue weighted by Crippen LogP contribution is 2.57. The predicted octanol–water partition coefficient (Wildman–Crippen LogP) is 5.51. The summed E-state index contributed by atoms with van der Waals surface area (Å²) >= 11 is 0. The minimum absolute atomic E-state index is 0.0640. The van der Waals surface area contributed by atoms with E-state index in [4.69, 9.17) is 9.47 Å². The Balaban J connectivity index is 2.38. The molecule has 0 amide bonds. The summed E-state index contributed by atoms with van der Waals surface area (Å²) in [6.45, 7) is 20.9. The van der Waals surface area contributed by atoms with Gasteiger partial charge in [-0.3, -0.25) is 4.79 Å². The molecule has 0 N–H and O–H groups in total. The number of carbonyl (C=O) groups is 1. The van der Waals surface area contributed by atoms with Crippen molar-refractivity contribution in [3.05, 3.63) is 12.7 Å². The number of allylic oxidation sites excluding steroid dienone is 1. The summed E-state index contributed by atoms with van der Waals surface area (Å²) in [5, 5.41) is 0. The molecule has 1 spiro atoms. The molecule has 3 nitrogen and oxygen atoms in total. The minimum Gasteiger partial charge on any atom is -0.347 e. The third kappa shape index (κ3) is 3.59. The second-order valence-electron chi connectivity index (χ2n) is 9.46. The molecule has 0 aromatic rings. The van der Waals surface area contributed by atoms with Crippen LogP contribution in [0.1, 0.15) is 67.7 Å². The zero-order valence-electron chi connectivity index (χ0n) is 18.4. The fourth-order valence-electron chi connectivity index (χ4n) is 5.84. The standard InChI is InChI=1S/C23H38O3Si/c1-9-12-22(8)20(10-13-23(22)25-14-15-26-23)21(24)11-16-27(17(2)3,18(4)5)19(6)7/h9,17-20H,1,10,12-15H2,2-8H3/t20-,22+/m1/s1. The van der Waals surface area contributed by atoms with Crippen LogP contribution in [0.4, 0.5) is 0 Å². The number of ether oxygens (including phenoxy) is 2. The van der Waals surface area contributed by atoms with Gasteiger partial charge in [0, 0.05) is 17.8 Å². The highest BCUT2D eigenvalue weighted by atomic mass is 28.3. The lowest BCUT2D eigenvalue weighted by Crippen LogP contribution is -2.47. The summed E-state index contributed by atoms with van der Waals surface area (Å²) in [5.41, 5.74) is 4.77. The van der Waals surface area contributed by atoms with Gasteiger partial charge in [-0.15, -0.1) is 12.1 Å². The molecule has 1 saturated carbocycles. The van der Waals surface area contributed by atoms with Gasteiger partial charge in [0.2, 0.25) is 5.78 Å². The van der Waals surface area contributed by atoms with Gasteiger partial charge in [0.05, 0.1) is 13.2 Å². The van der Waals surface area contributed by atoms with Crippen molar-refractivity contribution in [1.82, 2.24) is 0 Å². The van der Waals surface area contributed by atoms with Crippen molar-refractivity contribution in [2.45, 2.75) is 90.1 Å². The van der Waals surface area contributed by atoms with Crippen LogP contribution >= 0.6 is 0 Å². The van der Waals surface area contributed by atoms with E-state index in [1.807, 2.05) is 6.08 Å². The van der Waals surface area contributed by atoms with Crippen molar-refractivity contribution in [3.63, 3.8) is 0 Å². The molecule has 2 atom stereocenters. The Morgan fingerprint density at radius 2 is 1.67 bits per heavy atom. The molecule has 0 aromatic carbocycles. The Bertz CT molecular complexity index is 597. The van der Waals surface area contributed by atoms with E-state index in [1.165, 1.54) is 0 Å². The second kappa shape index (κ2) is 8.23. The van der Waals surface area contributed by atoms with Gasteiger partial charge in [-0.1, -0.05) is 54.5 Å². The van der Waals surface area contributed by atoms with Crippen LogP contribution in [-0.4, -0.2) is 32.9 Å². The number of Topliss-reactive ketones (excluding diaryl/α,β-unsaturated/α-hetero) is 1. The topological polar surface area (TPSA) is 35.5 Å². The van der Waals surface area contributed by atoms with E-state index >= 15 is 0 Å². The molecule has 1 aliphatic carbocycles. The Morgan fingerprint density at radius 3 is 2.11 bits per heavy atom. The fourth-order valence-corrected chi connectivity index (χ4v) is 11.0. The molecule has 2 aliphatic rings. The molecule has 1 saturated heterocycles. The van der Waals surface area contributed by atoms with Gasteiger partial charge in [0.25, 0.3) is 0 Å². The van der Waals surface area contributed by atoms with E-state index in [2.05, 4.69) is 66.5 Å². The minimum atomic E-state index is -1.91. The Labute approximate surface area is 167 Å². The van der Waals surface area contributed by atoms with Crippen LogP contribution in [0, 0.1) is 22.8 Å². The summed E-state index contributed by atoms with van der Waals surface area (Å²) in [7, 11) is -1.91. The van der Waals surface area contributed by atoms with Gasteiger partial charge in [-0.25, -0.2) is 0 Å². The van der Waals surface area contributed by atoms with Crippen molar-refractivity contribution in [2.24, 2.45) is 11.3 Å². The van der Waals surface area contributed by atoms with E-state index in [-0.39, 0.29) is 11.7 Å². The van der Waals surface area contributed by atoms with Crippen LogP contribution in [-0.2, 0) is 14.3 Å². The fraction of sp³-hybridized carbons (Fsp3) is 0.783. The van der Waals surface area contributed by atoms with Gasteiger partial charge in [0.15, 0.2) is 5.79 Å². The largest absolute Gasteiger partial charge is 0.347 e. The summed E-state index contributed by atoms with van der Waals surface area (Å²) in [4.78, 5) is 13.3. The third-order valence-electron chi connectivity index (χ3n) is 7.31. The van der Waals surface area contributed by atoms with Crippen LogP contribution in [0.15, 0.2) is 12.7 Å².